The fourth-order valence-corrected chi connectivity index (χ4v) is 5.57. The molecule has 2 fully saturated rings. The highest BCUT2D eigenvalue weighted by atomic mass is 16.1. The molecule has 1 amide bonds. The molecule has 0 aromatic carbocycles. The minimum atomic E-state index is -0.0825. The van der Waals surface area contributed by atoms with E-state index in [1.807, 2.05) is 23.9 Å². The van der Waals surface area contributed by atoms with Gasteiger partial charge in [-0.25, -0.2) is 9.50 Å². The summed E-state index contributed by atoms with van der Waals surface area (Å²) in [7, 11) is 0. The van der Waals surface area contributed by atoms with Crippen LogP contribution in [0.25, 0.3) is 16.9 Å². The van der Waals surface area contributed by atoms with Crippen LogP contribution in [0.4, 0.5) is 0 Å². The predicted molar refractivity (Wildman–Crippen MR) is 110 cm³/mol. The molecule has 2 aliphatic carbocycles. The van der Waals surface area contributed by atoms with Crippen molar-refractivity contribution in [3.05, 3.63) is 35.9 Å². The lowest BCUT2D eigenvalue weighted by Gasteiger charge is -2.28. The first kappa shape index (κ1) is 18.3. The second kappa shape index (κ2) is 6.97. The number of nitrogens with zero attached hydrogens (tertiary/aromatic N) is 5. The number of aryl methyl sites for hydroxylation is 1. The normalized spacial score (nSPS) is 24.3. The minimum absolute atomic E-state index is 0.0825. The van der Waals surface area contributed by atoms with Crippen molar-refractivity contribution in [2.24, 2.45) is 17.8 Å². The number of nitrogens with one attached hydrogen (secondary N) is 1. The average Bonchev–Trinajstić information content (AvgIpc) is 3.50. The maximum absolute atomic E-state index is 13.0. The molecule has 3 aromatic heterocycles. The van der Waals surface area contributed by atoms with Gasteiger partial charge in [0.05, 0.1) is 18.1 Å². The Morgan fingerprint density at radius 1 is 1.28 bits per heavy atom. The van der Waals surface area contributed by atoms with Gasteiger partial charge in [-0.15, -0.1) is 0 Å². The van der Waals surface area contributed by atoms with Crippen LogP contribution in [0.3, 0.4) is 0 Å². The van der Waals surface area contributed by atoms with Gasteiger partial charge in [0.15, 0.2) is 5.65 Å². The average molecular weight is 393 g/mol. The number of aromatic nitrogens is 5. The molecule has 2 aliphatic rings. The molecule has 0 saturated heterocycles. The zero-order valence-electron chi connectivity index (χ0n) is 17.3. The van der Waals surface area contributed by atoms with Crippen LogP contribution in [0.2, 0.25) is 0 Å². The first-order valence-electron chi connectivity index (χ1n) is 10.7. The SMILES string of the molecule is CCn1ncc(-c2ccnc3c(C(=O)N[C@H](C)[C@@H]4C[C@H]5CC[C@H]4C5)cnn23)c1C. The third-order valence-electron chi connectivity index (χ3n) is 7.12. The van der Waals surface area contributed by atoms with E-state index in [1.165, 1.54) is 25.7 Å². The van der Waals surface area contributed by atoms with E-state index in [-0.39, 0.29) is 11.9 Å². The molecule has 2 saturated carbocycles. The van der Waals surface area contributed by atoms with Crippen molar-refractivity contribution in [2.75, 3.05) is 0 Å². The molecule has 0 aliphatic heterocycles. The molecule has 1 N–H and O–H groups in total. The quantitative estimate of drug-likeness (QED) is 0.721. The number of carbonyl (C=O) groups is 1. The standard InChI is InChI=1S/C22H28N6O/c1-4-27-14(3)18(11-24-27)20-7-8-23-21-19(12-25-28(20)21)22(29)26-13(2)17-10-15-5-6-16(17)9-15/h7-8,11-13,15-17H,4-6,9-10H2,1-3H3,(H,26,29)/t13-,15+,16+,17+/m1/s1. The van der Waals surface area contributed by atoms with Gasteiger partial charge >= 0.3 is 0 Å². The number of hydrogen-bond donors (Lipinski definition) is 1. The van der Waals surface area contributed by atoms with E-state index < -0.39 is 0 Å². The zero-order chi connectivity index (χ0) is 20.1. The van der Waals surface area contributed by atoms with Crippen molar-refractivity contribution in [2.45, 2.75) is 59.0 Å². The van der Waals surface area contributed by atoms with Gasteiger partial charge in [0, 0.05) is 30.0 Å². The van der Waals surface area contributed by atoms with Crippen LogP contribution < -0.4 is 5.32 Å². The van der Waals surface area contributed by atoms with E-state index in [0.717, 1.165) is 35.3 Å². The maximum Gasteiger partial charge on any atom is 0.256 e. The lowest BCUT2D eigenvalue weighted by atomic mass is 9.84. The number of amides is 1. The summed E-state index contributed by atoms with van der Waals surface area (Å²) < 4.78 is 3.71. The van der Waals surface area contributed by atoms with E-state index in [2.05, 4.69) is 34.3 Å². The van der Waals surface area contributed by atoms with Gasteiger partial charge in [0.1, 0.15) is 5.56 Å². The molecule has 152 valence electrons. The van der Waals surface area contributed by atoms with Crippen molar-refractivity contribution in [3.8, 4) is 11.3 Å². The van der Waals surface area contributed by atoms with E-state index >= 15 is 0 Å². The van der Waals surface area contributed by atoms with Crippen molar-refractivity contribution in [1.29, 1.82) is 0 Å². The van der Waals surface area contributed by atoms with Crippen LogP contribution in [-0.2, 0) is 6.54 Å². The summed E-state index contributed by atoms with van der Waals surface area (Å²) in [6.07, 6.45) is 10.5. The second-order valence-electron chi connectivity index (χ2n) is 8.68. The van der Waals surface area contributed by atoms with Gasteiger partial charge in [-0.2, -0.15) is 10.2 Å². The number of carbonyl (C=O) groups excluding carboxylic acids is 1. The molecule has 7 nitrogen and oxygen atoms in total. The largest absolute Gasteiger partial charge is 0.349 e. The molecule has 5 rings (SSSR count). The number of fused-ring (bicyclic) bond motifs is 3. The number of rotatable bonds is 5. The van der Waals surface area contributed by atoms with Crippen LogP contribution in [0, 0.1) is 24.7 Å². The molecular weight excluding hydrogens is 364 g/mol. The van der Waals surface area contributed by atoms with Crippen LogP contribution in [0.1, 0.15) is 55.6 Å². The molecule has 0 radical (unpaired) electrons. The first-order chi connectivity index (χ1) is 14.1. The molecule has 0 spiro atoms. The highest BCUT2D eigenvalue weighted by Crippen LogP contribution is 2.49. The molecule has 0 unspecified atom stereocenters. The van der Waals surface area contributed by atoms with Gasteiger partial charge in [0.25, 0.3) is 5.91 Å². The molecular formula is C22H28N6O. The smallest absolute Gasteiger partial charge is 0.256 e. The minimum Gasteiger partial charge on any atom is -0.349 e. The fraction of sp³-hybridized carbons (Fsp3) is 0.545. The summed E-state index contributed by atoms with van der Waals surface area (Å²) in [5, 5.41) is 12.2. The van der Waals surface area contributed by atoms with Crippen molar-refractivity contribution < 1.29 is 4.79 Å². The maximum atomic E-state index is 13.0. The molecule has 7 heteroatoms. The van der Waals surface area contributed by atoms with E-state index in [4.69, 9.17) is 0 Å². The van der Waals surface area contributed by atoms with Gasteiger partial charge in [-0.1, -0.05) is 6.42 Å². The van der Waals surface area contributed by atoms with Gasteiger partial charge in [0.2, 0.25) is 0 Å². The summed E-state index contributed by atoms with van der Waals surface area (Å²) >= 11 is 0. The first-order valence-corrected chi connectivity index (χ1v) is 10.7. The Morgan fingerprint density at radius 2 is 2.14 bits per heavy atom. The summed E-state index contributed by atoms with van der Waals surface area (Å²) in [6.45, 7) is 7.08. The topological polar surface area (TPSA) is 77.1 Å². The highest BCUT2D eigenvalue weighted by molar-refractivity contribution is 6.00. The Labute approximate surface area is 170 Å². The van der Waals surface area contributed by atoms with Gasteiger partial charge in [-0.05, 0) is 63.9 Å². The summed E-state index contributed by atoms with van der Waals surface area (Å²) in [5.74, 6) is 2.17. The Bertz CT molecular complexity index is 1070. The van der Waals surface area contributed by atoms with Crippen LogP contribution in [0.15, 0.2) is 24.7 Å². The Balaban J connectivity index is 1.42. The Morgan fingerprint density at radius 3 is 2.83 bits per heavy atom. The Hall–Kier alpha value is -2.70. The van der Waals surface area contributed by atoms with E-state index in [1.54, 1.807) is 16.9 Å². The summed E-state index contributed by atoms with van der Waals surface area (Å²) in [6, 6.07) is 2.10. The highest BCUT2D eigenvalue weighted by Gasteiger charge is 2.42. The molecule has 29 heavy (non-hydrogen) atoms. The second-order valence-corrected chi connectivity index (χ2v) is 8.68. The zero-order valence-corrected chi connectivity index (χ0v) is 17.3. The summed E-state index contributed by atoms with van der Waals surface area (Å²) in [5.41, 5.74) is 4.09. The third-order valence-corrected chi connectivity index (χ3v) is 7.12. The van der Waals surface area contributed by atoms with Crippen LogP contribution in [0.5, 0.6) is 0 Å². The lowest BCUT2D eigenvalue weighted by molar-refractivity contribution is 0.0917. The van der Waals surface area contributed by atoms with Crippen LogP contribution in [-0.4, -0.2) is 36.3 Å². The third kappa shape index (κ3) is 2.94. The molecule has 3 aromatic rings. The van der Waals surface area contributed by atoms with Crippen LogP contribution >= 0.6 is 0 Å². The van der Waals surface area contributed by atoms with Crippen molar-refractivity contribution in [1.82, 2.24) is 29.7 Å². The Kier molecular flexibility index (Phi) is 4.41. The van der Waals surface area contributed by atoms with Gasteiger partial charge in [-0.3, -0.25) is 9.48 Å². The van der Waals surface area contributed by atoms with E-state index in [9.17, 15) is 4.79 Å². The van der Waals surface area contributed by atoms with Crippen molar-refractivity contribution in [3.63, 3.8) is 0 Å². The summed E-state index contributed by atoms with van der Waals surface area (Å²) in [4.78, 5) is 17.5. The predicted octanol–water partition coefficient (Wildman–Crippen LogP) is 3.48. The molecule has 3 heterocycles. The van der Waals surface area contributed by atoms with Crippen molar-refractivity contribution >= 4 is 11.6 Å². The molecule has 2 bridgehead atoms. The van der Waals surface area contributed by atoms with E-state index in [0.29, 0.717) is 17.1 Å². The fourth-order valence-electron chi connectivity index (χ4n) is 5.57. The number of hydrogen-bond acceptors (Lipinski definition) is 4. The lowest BCUT2D eigenvalue weighted by Crippen LogP contribution is -2.40. The molecule has 4 atom stereocenters. The van der Waals surface area contributed by atoms with Gasteiger partial charge < -0.3 is 5.32 Å². The monoisotopic (exact) mass is 392 g/mol.